The van der Waals surface area contributed by atoms with Crippen LogP contribution in [0.15, 0.2) is 36.4 Å². The molecule has 0 aliphatic rings. The summed E-state index contributed by atoms with van der Waals surface area (Å²) >= 11 is 11.8. The Balaban J connectivity index is 2.28. The van der Waals surface area contributed by atoms with Crippen molar-refractivity contribution in [3.05, 3.63) is 69.0 Å². The molecule has 100 valence electrons. The maximum absolute atomic E-state index is 13.7. The van der Waals surface area contributed by atoms with Crippen LogP contribution in [0, 0.1) is 12.7 Å². The molecule has 0 aromatic heterocycles. The van der Waals surface area contributed by atoms with Gasteiger partial charge in [-0.25, -0.2) is 4.39 Å². The van der Waals surface area contributed by atoms with Crippen LogP contribution in [0.1, 0.15) is 22.8 Å². The molecule has 0 fully saturated rings. The molecular weight excluding hydrogens is 286 g/mol. The number of hydrogen-bond acceptors (Lipinski definition) is 1. The molecule has 0 aliphatic carbocycles. The molecule has 2 aromatic carbocycles. The van der Waals surface area contributed by atoms with Crippen molar-refractivity contribution in [3.8, 4) is 0 Å². The van der Waals surface area contributed by atoms with Gasteiger partial charge in [0.1, 0.15) is 5.82 Å². The lowest BCUT2D eigenvalue weighted by molar-refractivity contribution is 0.176. The first-order chi connectivity index (χ1) is 8.99. The van der Waals surface area contributed by atoms with Crippen molar-refractivity contribution in [1.82, 2.24) is 0 Å². The molecular formula is C15H13Cl2FO. The fourth-order valence-corrected chi connectivity index (χ4v) is 2.51. The predicted molar refractivity (Wildman–Crippen MR) is 76.3 cm³/mol. The summed E-state index contributed by atoms with van der Waals surface area (Å²) in [5, 5.41) is 11.2. The monoisotopic (exact) mass is 298 g/mol. The number of benzene rings is 2. The van der Waals surface area contributed by atoms with Crippen molar-refractivity contribution in [2.24, 2.45) is 0 Å². The number of halogens is 3. The second-order valence-corrected chi connectivity index (χ2v) is 5.26. The fourth-order valence-electron chi connectivity index (χ4n) is 2.04. The minimum absolute atomic E-state index is 0.133. The van der Waals surface area contributed by atoms with Gasteiger partial charge in [0.05, 0.1) is 6.10 Å². The highest BCUT2D eigenvalue weighted by atomic mass is 35.5. The van der Waals surface area contributed by atoms with Crippen molar-refractivity contribution >= 4 is 23.2 Å². The van der Waals surface area contributed by atoms with E-state index in [2.05, 4.69) is 0 Å². The quantitative estimate of drug-likeness (QED) is 0.869. The van der Waals surface area contributed by atoms with Gasteiger partial charge in [-0.05, 0) is 42.3 Å². The normalized spacial score (nSPS) is 12.5. The van der Waals surface area contributed by atoms with Crippen LogP contribution in [-0.4, -0.2) is 5.11 Å². The second kappa shape index (κ2) is 5.91. The molecule has 0 heterocycles. The van der Waals surface area contributed by atoms with E-state index in [1.54, 1.807) is 30.3 Å². The molecule has 1 N–H and O–H groups in total. The van der Waals surface area contributed by atoms with E-state index in [1.165, 1.54) is 6.07 Å². The van der Waals surface area contributed by atoms with Crippen molar-refractivity contribution < 1.29 is 9.50 Å². The molecule has 0 aliphatic heterocycles. The molecule has 0 amide bonds. The Morgan fingerprint density at radius 1 is 1.21 bits per heavy atom. The predicted octanol–water partition coefficient (Wildman–Crippen LogP) is 4.72. The Hall–Kier alpha value is -1.09. The first-order valence-electron chi connectivity index (χ1n) is 5.86. The molecule has 0 bridgehead atoms. The Morgan fingerprint density at radius 3 is 2.58 bits per heavy atom. The summed E-state index contributed by atoms with van der Waals surface area (Å²) in [6.07, 6.45) is -0.680. The first kappa shape index (κ1) is 14.3. The highest BCUT2D eigenvalue weighted by Crippen LogP contribution is 2.28. The lowest BCUT2D eigenvalue weighted by Crippen LogP contribution is -2.06. The largest absolute Gasteiger partial charge is 0.388 e. The third-order valence-corrected chi connectivity index (χ3v) is 3.64. The van der Waals surface area contributed by atoms with Gasteiger partial charge in [0, 0.05) is 22.0 Å². The van der Waals surface area contributed by atoms with E-state index >= 15 is 0 Å². The van der Waals surface area contributed by atoms with Gasteiger partial charge in [-0.3, -0.25) is 0 Å². The van der Waals surface area contributed by atoms with Gasteiger partial charge in [-0.2, -0.15) is 0 Å². The summed E-state index contributed by atoms with van der Waals surface area (Å²) in [7, 11) is 0. The molecule has 0 spiro atoms. The summed E-state index contributed by atoms with van der Waals surface area (Å²) in [5.74, 6) is -0.404. The van der Waals surface area contributed by atoms with E-state index in [0.717, 1.165) is 11.1 Å². The molecule has 4 heteroatoms. The average Bonchev–Trinajstić information content (AvgIpc) is 2.33. The second-order valence-electron chi connectivity index (χ2n) is 4.42. The molecule has 19 heavy (non-hydrogen) atoms. The van der Waals surface area contributed by atoms with Crippen LogP contribution in [0.5, 0.6) is 0 Å². The zero-order valence-electron chi connectivity index (χ0n) is 10.3. The average molecular weight is 299 g/mol. The maximum atomic E-state index is 13.7. The molecule has 0 saturated heterocycles. The highest BCUT2D eigenvalue weighted by molar-refractivity contribution is 6.31. The number of rotatable bonds is 3. The summed E-state index contributed by atoms with van der Waals surface area (Å²) in [5.41, 5.74) is 1.92. The Labute approximate surface area is 121 Å². The SMILES string of the molecule is Cc1cc(Cl)ccc1C(O)Cc1c(F)cccc1Cl. The van der Waals surface area contributed by atoms with Crippen molar-refractivity contribution in [1.29, 1.82) is 0 Å². The smallest absolute Gasteiger partial charge is 0.127 e. The van der Waals surface area contributed by atoms with Crippen molar-refractivity contribution in [3.63, 3.8) is 0 Å². The standard InChI is InChI=1S/C15H13Cl2FO/c1-9-7-10(16)5-6-11(9)15(19)8-12-13(17)3-2-4-14(12)18/h2-7,15,19H,8H2,1H3. The van der Waals surface area contributed by atoms with E-state index in [1.807, 2.05) is 6.92 Å². The molecule has 1 unspecified atom stereocenters. The fraction of sp³-hybridized carbons (Fsp3) is 0.200. The minimum Gasteiger partial charge on any atom is -0.388 e. The zero-order chi connectivity index (χ0) is 14.0. The van der Waals surface area contributed by atoms with Gasteiger partial charge < -0.3 is 5.11 Å². The number of aryl methyl sites for hydroxylation is 1. The summed E-state index contributed by atoms with van der Waals surface area (Å²) in [6, 6.07) is 9.71. The van der Waals surface area contributed by atoms with Crippen LogP contribution >= 0.6 is 23.2 Å². The summed E-state index contributed by atoms with van der Waals surface area (Å²) in [6.45, 7) is 1.85. The molecule has 2 aromatic rings. The number of aliphatic hydroxyl groups is 1. The molecule has 1 atom stereocenters. The maximum Gasteiger partial charge on any atom is 0.127 e. The summed E-state index contributed by atoms with van der Waals surface area (Å²) < 4.78 is 13.7. The summed E-state index contributed by atoms with van der Waals surface area (Å²) in [4.78, 5) is 0. The Bertz CT molecular complexity index is 578. The molecule has 1 nitrogen and oxygen atoms in total. The topological polar surface area (TPSA) is 20.2 Å². The van der Waals surface area contributed by atoms with E-state index in [9.17, 15) is 9.50 Å². The van der Waals surface area contributed by atoms with Gasteiger partial charge in [0.2, 0.25) is 0 Å². The lowest BCUT2D eigenvalue weighted by Gasteiger charge is -2.15. The third-order valence-electron chi connectivity index (χ3n) is 3.05. The number of hydrogen-bond donors (Lipinski definition) is 1. The van der Waals surface area contributed by atoms with Crippen molar-refractivity contribution in [2.45, 2.75) is 19.4 Å². The molecule has 0 saturated carbocycles. The Morgan fingerprint density at radius 2 is 1.95 bits per heavy atom. The van der Waals surface area contributed by atoms with Crippen LogP contribution in [0.25, 0.3) is 0 Å². The van der Waals surface area contributed by atoms with Crippen LogP contribution < -0.4 is 0 Å². The van der Waals surface area contributed by atoms with E-state index in [0.29, 0.717) is 15.6 Å². The third kappa shape index (κ3) is 3.27. The van der Waals surface area contributed by atoms with Gasteiger partial charge >= 0.3 is 0 Å². The van der Waals surface area contributed by atoms with E-state index in [-0.39, 0.29) is 6.42 Å². The zero-order valence-corrected chi connectivity index (χ0v) is 11.8. The number of aliphatic hydroxyl groups excluding tert-OH is 1. The van der Waals surface area contributed by atoms with E-state index < -0.39 is 11.9 Å². The van der Waals surface area contributed by atoms with Crippen LogP contribution in [-0.2, 0) is 6.42 Å². The lowest BCUT2D eigenvalue weighted by atomic mass is 9.97. The first-order valence-corrected chi connectivity index (χ1v) is 6.61. The van der Waals surface area contributed by atoms with Gasteiger partial charge in [-0.15, -0.1) is 0 Å². The van der Waals surface area contributed by atoms with E-state index in [4.69, 9.17) is 23.2 Å². The van der Waals surface area contributed by atoms with Crippen LogP contribution in [0.3, 0.4) is 0 Å². The molecule has 0 radical (unpaired) electrons. The Kier molecular flexibility index (Phi) is 4.46. The van der Waals surface area contributed by atoms with Crippen molar-refractivity contribution in [2.75, 3.05) is 0 Å². The van der Waals surface area contributed by atoms with Crippen LogP contribution in [0.4, 0.5) is 4.39 Å². The van der Waals surface area contributed by atoms with Gasteiger partial charge in [0.25, 0.3) is 0 Å². The van der Waals surface area contributed by atoms with Gasteiger partial charge in [-0.1, -0.05) is 35.3 Å². The minimum atomic E-state index is -0.813. The van der Waals surface area contributed by atoms with Crippen LogP contribution in [0.2, 0.25) is 10.0 Å². The molecule has 2 rings (SSSR count). The highest BCUT2D eigenvalue weighted by Gasteiger charge is 2.16. The van der Waals surface area contributed by atoms with Gasteiger partial charge in [0.15, 0.2) is 0 Å².